The second-order valence-corrected chi connectivity index (χ2v) is 29.1. The first kappa shape index (κ1) is 43.9. The maximum Gasteiger partial charge on any atom is 0.216 e. The van der Waals surface area contributed by atoms with Crippen LogP contribution in [0.5, 0.6) is 0 Å². The third-order valence-corrected chi connectivity index (χ3v) is 15.8. The third-order valence-electron chi connectivity index (χ3n) is 11.4. The topological polar surface area (TPSA) is 69.6 Å². The molecule has 0 saturated heterocycles. The summed E-state index contributed by atoms with van der Waals surface area (Å²) in [6, 6.07) is 50.6. The molecule has 8 heteroatoms. The van der Waals surface area contributed by atoms with Crippen molar-refractivity contribution in [2.45, 2.75) is 65.2 Å². The van der Waals surface area contributed by atoms with E-state index < -0.39 is 13.3 Å². The Hall–Kier alpha value is -5.73. The molecule has 6 nitrogen and oxygen atoms in total. The Labute approximate surface area is 386 Å². The second-order valence-electron chi connectivity index (χ2n) is 18.5. The smallest absolute Gasteiger partial charge is 0.216 e. The van der Waals surface area contributed by atoms with Crippen LogP contribution in [0, 0.1) is 38.3 Å². The summed E-state index contributed by atoms with van der Waals surface area (Å²) in [4.78, 5) is 19.6. The van der Waals surface area contributed by atoms with Gasteiger partial charge in [0.25, 0.3) is 0 Å². The number of rotatable bonds is 6. The second kappa shape index (κ2) is 17.4. The van der Waals surface area contributed by atoms with Gasteiger partial charge in [-0.1, -0.05) is 59.5 Å². The summed E-state index contributed by atoms with van der Waals surface area (Å²) < 4.78 is 10.3. The Morgan fingerprint density at radius 3 is 2.19 bits per heavy atom. The number of hydrogen-bond acceptors (Lipinski definition) is 5. The van der Waals surface area contributed by atoms with Gasteiger partial charge >= 0.3 is 132 Å². The Morgan fingerprint density at radius 2 is 1.44 bits per heavy atom. The predicted molar refractivity (Wildman–Crippen MR) is 260 cm³/mol. The van der Waals surface area contributed by atoms with Gasteiger partial charge in [0, 0.05) is 53.5 Å². The van der Waals surface area contributed by atoms with Crippen LogP contribution >= 0.6 is 0 Å². The Kier molecular flexibility index (Phi) is 12.2. The number of aromatic nitrogens is 5. The Balaban J connectivity index is 0.000000210. The van der Waals surface area contributed by atoms with E-state index in [2.05, 4.69) is 159 Å². The first-order chi connectivity index (χ1) is 29.7. The normalized spacial score (nSPS) is 11.8. The van der Waals surface area contributed by atoms with E-state index in [0.717, 1.165) is 101 Å². The standard InChI is InChI=1S/C36H25N4O.C19H26GeN.Ir/c1-21-20-29-26-13-9-14-28(34(26)41-36(29)38-23(21)3)35-39-31-19-18-30-27(17-16-22(2)37-30)33(31)40(35)32-15-8-7-12-25(32)24-10-5-4-6-11-24;1-19(2,3)13-16-12-18(15-10-8-7-9-11-15)21-14-17(16)20(4,5)6;/h4-13,15-20H,1-3H3;7-10,12,14H,13H2,1-6H3;/q2*-1;. The molecule has 0 fully saturated rings. The Bertz CT molecular complexity index is 3270. The van der Waals surface area contributed by atoms with Crippen molar-refractivity contribution in [3.8, 4) is 39.5 Å². The van der Waals surface area contributed by atoms with Crippen molar-refractivity contribution in [3.63, 3.8) is 0 Å². The maximum absolute atomic E-state index is 6.47. The molecule has 0 aliphatic heterocycles. The first-order valence-electron chi connectivity index (χ1n) is 21.4. The zero-order chi connectivity index (χ0) is 43.3. The van der Waals surface area contributed by atoms with E-state index in [1.165, 1.54) is 9.96 Å². The molecule has 5 aromatic heterocycles. The van der Waals surface area contributed by atoms with Crippen LogP contribution in [-0.4, -0.2) is 37.8 Å². The zero-order valence-electron chi connectivity index (χ0n) is 37.4. The van der Waals surface area contributed by atoms with E-state index in [4.69, 9.17) is 24.4 Å². The van der Waals surface area contributed by atoms with Crippen molar-refractivity contribution in [1.82, 2.24) is 24.5 Å². The van der Waals surface area contributed by atoms with Crippen LogP contribution in [-0.2, 0) is 26.5 Å². The molecule has 5 aromatic carbocycles. The van der Waals surface area contributed by atoms with Crippen LogP contribution in [0.15, 0.2) is 138 Å². The van der Waals surface area contributed by atoms with Crippen LogP contribution in [0.25, 0.3) is 83.5 Å². The van der Waals surface area contributed by atoms with Gasteiger partial charge in [-0.2, -0.15) is 0 Å². The minimum Gasteiger partial charge on any atom is -0.486 e. The number of benzene rings is 5. The summed E-state index contributed by atoms with van der Waals surface area (Å²) in [5.74, 6) is 8.08. The van der Waals surface area contributed by atoms with Crippen LogP contribution in [0.2, 0.25) is 17.3 Å². The summed E-state index contributed by atoms with van der Waals surface area (Å²) in [7, 11) is 0. The number of furan rings is 1. The molecule has 0 atom stereocenters. The number of fused-ring (bicyclic) bond motifs is 6. The van der Waals surface area contributed by atoms with Crippen LogP contribution in [0.4, 0.5) is 0 Å². The van der Waals surface area contributed by atoms with Gasteiger partial charge in [-0.15, -0.1) is 18.2 Å². The van der Waals surface area contributed by atoms with Crippen LogP contribution < -0.4 is 4.40 Å². The molecule has 0 aliphatic rings. The number of para-hydroxylation sites is 1. The number of imidazole rings is 1. The summed E-state index contributed by atoms with van der Waals surface area (Å²) in [5.41, 5.74) is 15.2. The average Bonchev–Trinajstić information content (AvgIpc) is 3.82. The molecule has 10 rings (SSSR count). The van der Waals surface area contributed by atoms with Gasteiger partial charge in [0.15, 0.2) is 0 Å². The molecule has 317 valence electrons. The summed E-state index contributed by atoms with van der Waals surface area (Å²) in [5, 5.41) is 3.04. The monoisotopic (exact) mass is 1060 g/mol. The number of hydrogen-bond donors (Lipinski definition) is 0. The summed E-state index contributed by atoms with van der Waals surface area (Å²) in [6.45, 7) is 13.0. The molecule has 0 N–H and O–H groups in total. The van der Waals surface area contributed by atoms with Gasteiger partial charge in [0.1, 0.15) is 0 Å². The molecule has 0 spiro atoms. The first-order valence-corrected chi connectivity index (χ1v) is 28.7. The Morgan fingerprint density at radius 1 is 0.698 bits per heavy atom. The minimum absolute atomic E-state index is 0. The van der Waals surface area contributed by atoms with Gasteiger partial charge in [-0.3, -0.25) is 9.97 Å². The third kappa shape index (κ3) is 8.80. The molecule has 0 saturated carbocycles. The predicted octanol–water partition coefficient (Wildman–Crippen LogP) is 13.6. The summed E-state index contributed by atoms with van der Waals surface area (Å²) in [6.07, 6.45) is 3.24. The molecule has 0 amide bonds. The molecule has 1 radical (unpaired) electrons. The van der Waals surface area contributed by atoms with Crippen molar-refractivity contribution in [3.05, 3.63) is 168 Å². The van der Waals surface area contributed by atoms with E-state index in [-0.39, 0.29) is 20.1 Å². The van der Waals surface area contributed by atoms with Crippen molar-refractivity contribution in [2.75, 3.05) is 0 Å². The number of nitrogens with zero attached hydrogens (tertiary/aromatic N) is 5. The van der Waals surface area contributed by atoms with Crippen molar-refractivity contribution >= 4 is 61.7 Å². The van der Waals surface area contributed by atoms with E-state index in [1.54, 1.807) is 0 Å². The number of aryl methyl sites for hydroxylation is 3. The molecule has 0 bridgehead atoms. The van der Waals surface area contributed by atoms with Crippen molar-refractivity contribution < 1.29 is 24.5 Å². The number of pyridine rings is 3. The van der Waals surface area contributed by atoms with Crippen molar-refractivity contribution in [1.29, 1.82) is 0 Å². The van der Waals surface area contributed by atoms with Gasteiger partial charge in [0.2, 0.25) is 5.71 Å². The van der Waals surface area contributed by atoms with E-state index in [1.807, 2.05) is 50.2 Å². The molecular weight excluding hydrogens is 1010 g/mol. The van der Waals surface area contributed by atoms with Gasteiger partial charge < -0.3 is 8.98 Å². The molecule has 5 heterocycles. The largest absolute Gasteiger partial charge is 0.486 e. The van der Waals surface area contributed by atoms with Gasteiger partial charge in [-0.05, 0) is 68.3 Å². The minimum atomic E-state index is -1.90. The van der Waals surface area contributed by atoms with Crippen molar-refractivity contribution in [2.24, 2.45) is 5.41 Å². The molecule has 10 aromatic rings. The molecule has 63 heavy (non-hydrogen) atoms. The quantitative estimate of drug-likeness (QED) is 0.123. The molecule has 0 aliphatic carbocycles. The van der Waals surface area contributed by atoms with Crippen LogP contribution in [0.1, 0.15) is 43.3 Å². The van der Waals surface area contributed by atoms with Crippen LogP contribution in [0.3, 0.4) is 0 Å². The molecule has 0 unspecified atom stereocenters. The SMILES string of the molecule is CC(C)(C)Cc1cc(-c2[c-]cccc2)nc[c]1[Ge]([CH3])([CH3])[CH3].Cc1ccc2c(ccc3nc(-c4[c-]ccc5c4oc4nc(C)c(C)cc45)n(-c4ccccc4-c4ccccc4)c32)n1.[Ir]. The summed E-state index contributed by atoms with van der Waals surface area (Å²) >= 11 is -1.90. The zero-order valence-corrected chi connectivity index (χ0v) is 41.9. The maximum atomic E-state index is 6.47. The van der Waals surface area contributed by atoms with E-state index >= 15 is 0 Å². The fourth-order valence-corrected chi connectivity index (χ4v) is 11.7. The fraction of sp³-hybridized carbons (Fsp3) is 0.200. The molecular formula is C55H51GeIrN5O-2. The van der Waals surface area contributed by atoms with E-state index in [9.17, 15) is 0 Å². The van der Waals surface area contributed by atoms with Gasteiger partial charge in [0.05, 0.1) is 28.0 Å². The van der Waals surface area contributed by atoms with Gasteiger partial charge in [-0.25, -0.2) is 4.98 Å². The fourth-order valence-electron chi connectivity index (χ4n) is 8.42. The average molecular weight is 1060 g/mol. The van der Waals surface area contributed by atoms with E-state index in [0.29, 0.717) is 11.1 Å².